The molecule has 0 saturated carbocycles. The topological polar surface area (TPSA) is 80.3 Å². The quantitative estimate of drug-likeness (QED) is 0.443. The van der Waals surface area contributed by atoms with Crippen molar-refractivity contribution < 1.29 is 14.1 Å². The Morgan fingerprint density at radius 1 is 1.56 bits per heavy atom. The standard InChI is InChI=1S/C9H14N4O3/c1-5-15-9(14)7-6(2)11-16-8(7)10-12-13(3)4/h5H2,1-4H3/b12-10+. The molecule has 0 bridgehead atoms. The van der Waals surface area contributed by atoms with Gasteiger partial charge < -0.3 is 9.26 Å². The Morgan fingerprint density at radius 3 is 2.81 bits per heavy atom. The Balaban J connectivity index is 2.98. The predicted molar refractivity (Wildman–Crippen MR) is 55.4 cm³/mol. The molecule has 1 rings (SSSR count). The molecule has 7 heteroatoms. The number of ether oxygens (including phenoxy) is 1. The summed E-state index contributed by atoms with van der Waals surface area (Å²) in [5.41, 5.74) is 0.651. The number of hydrogen-bond donors (Lipinski definition) is 0. The maximum atomic E-state index is 11.6. The predicted octanol–water partition coefficient (Wildman–Crippen LogP) is 1.72. The van der Waals surface area contributed by atoms with Crippen molar-refractivity contribution in [2.45, 2.75) is 13.8 Å². The van der Waals surface area contributed by atoms with E-state index in [4.69, 9.17) is 9.26 Å². The van der Waals surface area contributed by atoms with Gasteiger partial charge in [0.2, 0.25) is 0 Å². The summed E-state index contributed by atoms with van der Waals surface area (Å²) >= 11 is 0. The van der Waals surface area contributed by atoms with Crippen LogP contribution in [0.15, 0.2) is 14.9 Å². The van der Waals surface area contributed by atoms with Crippen LogP contribution in [0.2, 0.25) is 0 Å². The average molecular weight is 226 g/mol. The van der Waals surface area contributed by atoms with E-state index < -0.39 is 5.97 Å². The van der Waals surface area contributed by atoms with E-state index in [2.05, 4.69) is 15.5 Å². The van der Waals surface area contributed by atoms with Crippen LogP contribution in [-0.4, -0.2) is 36.8 Å². The van der Waals surface area contributed by atoms with E-state index in [0.29, 0.717) is 5.69 Å². The molecule has 1 aromatic rings. The van der Waals surface area contributed by atoms with Gasteiger partial charge in [-0.1, -0.05) is 15.5 Å². The van der Waals surface area contributed by atoms with Gasteiger partial charge in [0.25, 0.3) is 5.88 Å². The van der Waals surface area contributed by atoms with Crippen LogP contribution in [0.3, 0.4) is 0 Å². The van der Waals surface area contributed by atoms with E-state index in [-0.39, 0.29) is 18.1 Å². The molecule has 0 radical (unpaired) electrons. The second-order valence-electron chi connectivity index (χ2n) is 3.21. The fraction of sp³-hybridized carbons (Fsp3) is 0.556. The van der Waals surface area contributed by atoms with Gasteiger partial charge in [0.15, 0.2) is 5.56 Å². The molecule has 0 aromatic carbocycles. The van der Waals surface area contributed by atoms with Crippen LogP contribution in [-0.2, 0) is 4.74 Å². The first-order valence-electron chi connectivity index (χ1n) is 4.78. The fourth-order valence-electron chi connectivity index (χ4n) is 0.994. The maximum Gasteiger partial charge on any atom is 0.345 e. The van der Waals surface area contributed by atoms with Crippen LogP contribution in [0.1, 0.15) is 23.0 Å². The van der Waals surface area contributed by atoms with Crippen molar-refractivity contribution in [3.05, 3.63) is 11.3 Å². The van der Waals surface area contributed by atoms with E-state index in [1.807, 2.05) is 0 Å². The van der Waals surface area contributed by atoms with E-state index in [1.165, 1.54) is 5.01 Å². The van der Waals surface area contributed by atoms with Crippen molar-refractivity contribution in [1.29, 1.82) is 0 Å². The smallest absolute Gasteiger partial charge is 0.345 e. The number of hydrogen-bond acceptors (Lipinski definition) is 6. The first-order chi connectivity index (χ1) is 7.56. The Labute approximate surface area is 93.0 Å². The molecule has 0 atom stereocenters. The highest BCUT2D eigenvalue weighted by molar-refractivity contribution is 5.94. The lowest BCUT2D eigenvalue weighted by Crippen LogP contribution is -2.05. The second-order valence-corrected chi connectivity index (χ2v) is 3.21. The largest absolute Gasteiger partial charge is 0.462 e. The van der Waals surface area contributed by atoms with Crippen molar-refractivity contribution in [2.24, 2.45) is 10.3 Å². The average Bonchev–Trinajstić information content (AvgIpc) is 2.57. The number of rotatable bonds is 4. The van der Waals surface area contributed by atoms with Crippen molar-refractivity contribution in [2.75, 3.05) is 20.7 Å². The molecule has 1 aromatic heterocycles. The van der Waals surface area contributed by atoms with Crippen LogP contribution in [0.25, 0.3) is 0 Å². The number of carbonyl (C=O) groups is 1. The molecule has 0 N–H and O–H groups in total. The van der Waals surface area contributed by atoms with Crippen LogP contribution in [0, 0.1) is 6.92 Å². The molecule has 0 aliphatic heterocycles. The van der Waals surface area contributed by atoms with Gasteiger partial charge in [-0.05, 0) is 13.8 Å². The highest BCUT2D eigenvalue weighted by atomic mass is 16.5. The SMILES string of the molecule is CCOC(=O)c1c(C)noc1/N=N/N(C)C. The number of nitrogens with zero attached hydrogens (tertiary/aromatic N) is 4. The lowest BCUT2D eigenvalue weighted by Gasteiger charge is -2.00. The van der Waals surface area contributed by atoms with E-state index in [1.54, 1.807) is 27.9 Å². The molecule has 0 aliphatic rings. The molecule has 0 fully saturated rings. The molecule has 1 heterocycles. The van der Waals surface area contributed by atoms with Crippen LogP contribution in [0.5, 0.6) is 0 Å². The Hall–Kier alpha value is -1.92. The third kappa shape index (κ3) is 2.78. The molecule has 88 valence electrons. The van der Waals surface area contributed by atoms with Crippen molar-refractivity contribution >= 4 is 11.9 Å². The lowest BCUT2D eigenvalue weighted by molar-refractivity contribution is 0.0526. The van der Waals surface area contributed by atoms with Crippen molar-refractivity contribution in [3.63, 3.8) is 0 Å². The minimum absolute atomic E-state index is 0.0599. The van der Waals surface area contributed by atoms with Gasteiger partial charge in [-0.2, -0.15) is 0 Å². The van der Waals surface area contributed by atoms with Crippen molar-refractivity contribution in [3.8, 4) is 0 Å². The zero-order chi connectivity index (χ0) is 12.1. The Kier molecular flexibility index (Phi) is 3.98. The monoisotopic (exact) mass is 226 g/mol. The van der Waals surface area contributed by atoms with Crippen molar-refractivity contribution in [1.82, 2.24) is 10.2 Å². The summed E-state index contributed by atoms with van der Waals surface area (Å²) in [6, 6.07) is 0. The summed E-state index contributed by atoms with van der Waals surface area (Å²) < 4.78 is 9.74. The molecule has 16 heavy (non-hydrogen) atoms. The molecule has 0 unspecified atom stereocenters. The zero-order valence-electron chi connectivity index (χ0n) is 9.72. The minimum atomic E-state index is -0.506. The molecule has 0 aliphatic carbocycles. The summed E-state index contributed by atoms with van der Waals surface area (Å²) in [4.78, 5) is 11.6. The van der Waals surface area contributed by atoms with Gasteiger partial charge in [0.05, 0.1) is 12.3 Å². The van der Waals surface area contributed by atoms with Gasteiger partial charge in [-0.3, -0.25) is 5.01 Å². The minimum Gasteiger partial charge on any atom is -0.462 e. The van der Waals surface area contributed by atoms with Crippen LogP contribution >= 0.6 is 0 Å². The van der Waals surface area contributed by atoms with Gasteiger partial charge >= 0.3 is 5.97 Å². The van der Waals surface area contributed by atoms with Gasteiger partial charge in [-0.25, -0.2) is 4.79 Å². The molecular formula is C9H14N4O3. The first-order valence-corrected chi connectivity index (χ1v) is 4.78. The molecule has 7 nitrogen and oxygen atoms in total. The number of aryl methyl sites for hydroxylation is 1. The molecular weight excluding hydrogens is 212 g/mol. The van der Waals surface area contributed by atoms with Crippen LogP contribution < -0.4 is 0 Å². The second kappa shape index (κ2) is 5.24. The lowest BCUT2D eigenvalue weighted by atomic mass is 10.2. The summed E-state index contributed by atoms with van der Waals surface area (Å²) in [5, 5.41) is 12.6. The van der Waals surface area contributed by atoms with Gasteiger partial charge in [-0.15, -0.1) is 0 Å². The number of carbonyl (C=O) groups excluding carboxylic acids is 1. The Bertz CT molecular complexity index is 397. The summed E-state index contributed by atoms with van der Waals surface area (Å²) in [6.07, 6.45) is 0. The summed E-state index contributed by atoms with van der Waals surface area (Å²) in [6.45, 7) is 3.65. The van der Waals surface area contributed by atoms with E-state index in [9.17, 15) is 4.79 Å². The van der Waals surface area contributed by atoms with Crippen LogP contribution in [0.4, 0.5) is 5.88 Å². The third-order valence-electron chi connectivity index (χ3n) is 1.64. The first kappa shape index (κ1) is 12.2. The normalized spacial score (nSPS) is 10.8. The highest BCUT2D eigenvalue weighted by Gasteiger charge is 2.21. The highest BCUT2D eigenvalue weighted by Crippen LogP contribution is 2.23. The Morgan fingerprint density at radius 2 is 2.25 bits per heavy atom. The van der Waals surface area contributed by atoms with Gasteiger partial charge in [0.1, 0.15) is 0 Å². The number of esters is 1. The number of aromatic nitrogens is 1. The fourth-order valence-corrected chi connectivity index (χ4v) is 0.994. The summed E-state index contributed by atoms with van der Waals surface area (Å²) in [7, 11) is 3.41. The molecule has 0 saturated heterocycles. The molecule has 0 amide bonds. The maximum absolute atomic E-state index is 11.6. The molecule has 0 spiro atoms. The zero-order valence-corrected chi connectivity index (χ0v) is 9.72. The summed E-state index contributed by atoms with van der Waals surface area (Å²) in [5.74, 6) is -0.446. The third-order valence-corrected chi connectivity index (χ3v) is 1.64. The van der Waals surface area contributed by atoms with Gasteiger partial charge in [0, 0.05) is 14.1 Å². The van der Waals surface area contributed by atoms with E-state index in [0.717, 1.165) is 0 Å². The van der Waals surface area contributed by atoms with E-state index >= 15 is 0 Å².